The number of carbonyl (C=O) groups excluding carboxylic acids is 1. The van der Waals surface area contributed by atoms with Crippen LogP contribution in [0.25, 0.3) is 11.3 Å². The van der Waals surface area contributed by atoms with Crippen molar-refractivity contribution in [2.24, 2.45) is 0 Å². The Kier molecular flexibility index (Phi) is 4.73. The third-order valence-corrected chi connectivity index (χ3v) is 3.96. The van der Waals surface area contributed by atoms with Crippen LogP contribution in [0.2, 0.25) is 0 Å². The van der Waals surface area contributed by atoms with Gasteiger partial charge in [-0.15, -0.1) is 0 Å². The van der Waals surface area contributed by atoms with Crippen LogP contribution in [0, 0.1) is 19.7 Å². The number of aryl methyl sites for hydroxylation is 1. The second kappa shape index (κ2) is 6.86. The topological polar surface area (TPSA) is 55.1 Å². The van der Waals surface area contributed by atoms with Gasteiger partial charge in [-0.1, -0.05) is 6.07 Å². The summed E-state index contributed by atoms with van der Waals surface area (Å²) in [5.41, 5.74) is 1.31. The van der Waals surface area contributed by atoms with Gasteiger partial charge in [0.05, 0.1) is 5.69 Å². The fourth-order valence-corrected chi connectivity index (χ4v) is 2.54. The summed E-state index contributed by atoms with van der Waals surface area (Å²) in [5.74, 6) is -2.29. The second-order valence-corrected chi connectivity index (χ2v) is 5.88. The van der Waals surface area contributed by atoms with E-state index in [-0.39, 0.29) is 22.6 Å². The lowest BCUT2D eigenvalue weighted by Gasteiger charge is -2.09. The lowest BCUT2D eigenvalue weighted by atomic mass is 10.1. The Morgan fingerprint density at radius 2 is 1.74 bits per heavy atom. The first kappa shape index (κ1) is 18.6. The highest BCUT2D eigenvalue weighted by Gasteiger charge is 2.38. The van der Waals surface area contributed by atoms with Crippen LogP contribution in [0.3, 0.4) is 0 Å². The molecule has 0 unspecified atom stereocenters. The molecule has 0 aliphatic carbocycles. The number of rotatable bonds is 3. The summed E-state index contributed by atoms with van der Waals surface area (Å²) in [4.78, 5) is 15.7. The van der Waals surface area contributed by atoms with E-state index in [1.54, 1.807) is 0 Å². The number of alkyl halides is 3. The molecule has 27 heavy (non-hydrogen) atoms. The summed E-state index contributed by atoms with van der Waals surface area (Å²) in [6.45, 7) is 2.91. The summed E-state index contributed by atoms with van der Waals surface area (Å²) in [7, 11) is 0. The number of amides is 1. The fraction of sp³-hybridized carbons (Fsp3) is 0.158. The molecule has 0 bridgehead atoms. The molecule has 0 aliphatic rings. The molecule has 0 atom stereocenters. The van der Waals surface area contributed by atoms with Crippen molar-refractivity contribution in [3.05, 3.63) is 71.0 Å². The van der Waals surface area contributed by atoms with E-state index >= 15 is 0 Å². The number of oxazole rings is 1. The van der Waals surface area contributed by atoms with Gasteiger partial charge in [0.2, 0.25) is 0 Å². The number of nitrogens with zero attached hydrogens (tertiary/aromatic N) is 1. The van der Waals surface area contributed by atoms with Crippen LogP contribution < -0.4 is 5.32 Å². The van der Waals surface area contributed by atoms with E-state index in [1.165, 1.54) is 56.3 Å². The van der Waals surface area contributed by atoms with Crippen LogP contribution in [-0.2, 0) is 6.18 Å². The standard InChI is InChI=1S/C19H14F4N2O2/c1-10-14(4-3-5-15(10)20)17(26)25-13-8-6-12(7-9-13)16-11(2)24-18(27-16)19(21,22)23/h3-9H,1-2H3,(H,25,26). The van der Waals surface area contributed by atoms with Gasteiger partial charge in [-0.05, 0) is 55.8 Å². The van der Waals surface area contributed by atoms with Crippen molar-refractivity contribution in [1.82, 2.24) is 4.98 Å². The zero-order valence-corrected chi connectivity index (χ0v) is 14.3. The largest absolute Gasteiger partial charge is 0.468 e. The highest BCUT2D eigenvalue weighted by atomic mass is 19.4. The number of nitrogens with one attached hydrogen (secondary N) is 1. The van der Waals surface area contributed by atoms with E-state index in [0.29, 0.717) is 11.3 Å². The van der Waals surface area contributed by atoms with Crippen molar-refractivity contribution in [3.63, 3.8) is 0 Å². The van der Waals surface area contributed by atoms with Gasteiger partial charge < -0.3 is 9.73 Å². The zero-order chi connectivity index (χ0) is 19.8. The van der Waals surface area contributed by atoms with E-state index in [1.807, 2.05) is 0 Å². The van der Waals surface area contributed by atoms with Crippen molar-refractivity contribution in [3.8, 4) is 11.3 Å². The van der Waals surface area contributed by atoms with E-state index in [0.717, 1.165) is 0 Å². The van der Waals surface area contributed by atoms with Crippen molar-refractivity contribution in [2.75, 3.05) is 5.32 Å². The minimum absolute atomic E-state index is 0.00109. The predicted molar refractivity (Wildman–Crippen MR) is 90.8 cm³/mol. The fourth-order valence-electron chi connectivity index (χ4n) is 2.54. The van der Waals surface area contributed by atoms with E-state index in [4.69, 9.17) is 4.42 Å². The third kappa shape index (κ3) is 3.84. The normalized spacial score (nSPS) is 11.5. The molecule has 8 heteroatoms. The molecule has 1 heterocycles. The predicted octanol–water partition coefficient (Wildman–Crippen LogP) is 5.37. The number of aromatic nitrogens is 1. The lowest BCUT2D eigenvalue weighted by molar-refractivity contribution is -0.156. The van der Waals surface area contributed by atoms with Crippen LogP contribution >= 0.6 is 0 Å². The Balaban J connectivity index is 1.81. The number of halogens is 4. The van der Waals surface area contributed by atoms with E-state index < -0.39 is 23.8 Å². The minimum Gasteiger partial charge on any atom is -0.433 e. The molecular weight excluding hydrogens is 364 g/mol. The Morgan fingerprint density at radius 1 is 1.07 bits per heavy atom. The lowest BCUT2D eigenvalue weighted by Crippen LogP contribution is -2.13. The molecule has 2 aromatic carbocycles. The first-order valence-electron chi connectivity index (χ1n) is 7.88. The molecule has 3 rings (SSSR count). The summed E-state index contributed by atoms with van der Waals surface area (Å²) >= 11 is 0. The maximum absolute atomic E-state index is 13.6. The van der Waals surface area contributed by atoms with Crippen LogP contribution in [0.5, 0.6) is 0 Å². The Bertz CT molecular complexity index is 992. The molecule has 0 aliphatic heterocycles. The van der Waals surface area contributed by atoms with E-state index in [2.05, 4.69) is 10.3 Å². The zero-order valence-electron chi connectivity index (χ0n) is 14.3. The van der Waals surface area contributed by atoms with Crippen LogP contribution in [0.15, 0.2) is 46.9 Å². The molecular formula is C19H14F4N2O2. The Hall–Kier alpha value is -3.16. The van der Waals surface area contributed by atoms with Gasteiger partial charge in [-0.3, -0.25) is 4.79 Å². The second-order valence-electron chi connectivity index (χ2n) is 5.88. The minimum atomic E-state index is -4.67. The van der Waals surface area contributed by atoms with Crippen molar-refractivity contribution >= 4 is 11.6 Å². The van der Waals surface area contributed by atoms with Crippen molar-refractivity contribution in [1.29, 1.82) is 0 Å². The molecule has 1 amide bonds. The molecule has 1 aromatic heterocycles. The monoisotopic (exact) mass is 378 g/mol. The van der Waals surface area contributed by atoms with Gasteiger partial charge in [-0.25, -0.2) is 9.37 Å². The summed E-state index contributed by atoms with van der Waals surface area (Å²) in [6.07, 6.45) is -4.67. The number of carbonyl (C=O) groups is 1. The number of hydrogen-bond acceptors (Lipinski definition) is 3. The summed E-state index contributed by atoms with van der Waals surface area (Å²) in [5, 5.41) is 2.62. The highest BCUT2D eigenvalue weighted by molar-refractivity contribution is 6.05. The van der Waals surface area contributed by atoms with Crippen LogP contribution in [0.4, 0.5) is 23.2 Å². The molecule has 0 spiro atoms. The molecule has 140 valence electrons. The van der Waals surface area contributed by atoms with E-state index in [9.17, 15) is 22.4 Å². The van der Waals surface area contributed by atoms with Crippen LogP contribution in [0.1, 0.15) is 27.5 Å². The quantitative estimate of drug-likeness (QED) is 0.624. The first-order valence-corrected chi connectivity index (χ1v) is 7.88. The molecule has 0 radical (unpaired) electrons. The average molecular weight is 378 g/mol. The maximum atomic E-state index is 13.6. The SMILES string of the molecule is Cc1nc(C(F)(F)F)oc1-c1ccc(NC(=O)c2cccc(F)c2C)cc1. The van der Waals surface area contributed by atoms with Gasteiger partial charge in [-0.2, -0.15) is 13.2 Å². The van der Waals surface area contributed by atoms with Gasteiger partial charge in [0.25, 0.3) is 5.91 Å². The third-order valence-electron chi connectivity index (χ3n) is 3.96. The highest BCUT2D eigenvalue weighted by Crippen LogP contribution is 2.34. The molecule has 0 saturated carbocycles. The molecule has 0 fully saturated rings. The average Bonchev–Trinajstić information content (AvgIpc) is 3.00. The number of anilines is 1. The van der Waals surface area contributed by atoms with Gasteiger partial charge in [0, 0.05) is 16.8 Å². The van der Waals surface area contributed by atoms with Gasteiger partial charge in [0.15, 0.2) is 5.76 Å². The Morgan fingerprint density at radius 3 is 2.33 bits per heavy atom. The first-order chi connectivity index (χ1) is 12.7. The molecule has 0 saturated heterocycles. The number of benzene rings is 2. The van der Waals surface area contributed by atoms with Crippen LogP contribution in [-0.4, -0.2) is 10.9 Å². The molecule has 3 aromatic rings. The maximum Gasteiger partial charge on any atom is 0.468 e. The summed E-state index contributed by atoms with van der Waals surface area (Å²) in [6, 6.07) is 10.2. The van der Waals surface area contributed by atoms with Crippen molar-refractivity contribution in [2.45, 2.75) is 20.0 Å². The van der Waals surface area contributed by atoms with Gasteiger partial charge >= 0.3 is 12.1 Å². The Labute approximate surface area is 151 Å². The van der Waals surface area contributed by atoms with Gasteiger partial charge in [0.1, 0.15) is 5.82 Å². The molecule has 1 N–H and O–H groups in total. The number of hydrogen-bond donors (Lipinski definition) is 1. The smallest absolute Gasteiger partial charge is 0.433 e. The molecule has 4 nitrogen and oxygen atoms in total. The van der Waals surface area contributed by atoms with Crippen molar-refractivity contribution < 1.29 is 26.8 Å². The summed E-state index contributed by atoms with van der Waals surface area (Å²) < 4.78 is 56.5.